The summed E-state index contributed by atoms with van der Waals surface area (Å²) in [4.78, 5) is 27.9. The number of aryl methyl sites for hydroxylation is 1. The van der Waals surface area contributed by atoms with Crippen LogP contribution >= 0.6 is 23.2 Å². The Morgan fingerprint density at radius 2 is 1.59 bits per heavy atom. The number of amides is 2. The molecule has 0 saturated heterocycles. The van der Waals surface area contributed by atoms with E-state index in [1.807, 2.05) is 6.92 Å². The summed E-state index contributed by atoms with van der Waals surface area (Å²) >= 11 is 12.2. The number of hydrogen-bond donors (Lipinski definition) is 1. The lowest BCUT2D eigenvalue weighted by atomic mass is 10.1. The van der Waals surface area contributed by atoms with Crippen LogP contribution in [0.3, 0.4) is 0 Å². The molecule has 0 saturated carbocycles. The van der Waals surface area contributed by atoms with Crippen molar-refractivity contribution in [1.29, 1.82) is 0 Å². The van der Waals surface area contributed by atoms with Gasteiger partial charge in [-0.25, -0.2) is 8.42 Å². The van der Waals surface area contributed by atoms with Gasteiger partial charge in [-0.15, -0.1) is 0 Å². The highest BCUT2D eigenvalue weighted by molar-refractivity contribution is 7.92. The fourth-order valence-electron chi connectivity index (χ4n) is 3.71. The molecule has 3 aromatic carbocycles. The topological polar surface area (TPSA) is 86.8 Å². The molecule has 0 aromatic heterocycles. The Bertz CT molecular complexity index is 1350. The minimum atomic E-state index is -4.13. The zero-order valence-electron chi connectivity index (χ0n) is 20.8. The van der Waals surface area contributed by atoms with Gasteiger partial charge in [0.1, 0.15) is 12.6 Å². The Balaban J connectivity index is 2.02. The number of rotatable bonds is 10. The molecule has 0 spiro atoms. The van der Waals surface area contributed by atoms with Gasteiger partial charge in [0.25, 0.3) is 10.0 Å². The molecule has 37 heavy (non-hydrogen) atoms. The number of halogens is 2. The zero-order chi connectivity index (χ0) is 27.2. The summed E-state index contributed by atoms with van der Waals surface area (Å²) in [6, 6.07) is 18.7. The maximum Gasteiger partial charge on any atom is 0.264 e. The van der Waals surface area contributed by atoms with E-state index in [0.717, 1.165) is 9.87 Å². The van der Waals surface area contributed by atoms with E-state index >= 15 is 0 Å². The van der Waals surface area contributed by atoms with E-state index in [2.05, 4.69) is 5.32 Å². The van der Waals surface area contributed by atoms with Crippen molar-refractivity contribution in [3.05, 3.63) is 94.0 Å². The van der Waals surface area contributed by atoms with E-state index < -0.39 is 28.5 Å². The van der Waals surface area contributed by atoms with Crippen LogP contribution in [0.5, 0.6) is 0 Å². The number of sulfonamides is 1. The first kappa shape index (κ1) is 28.5. The maximum atomic E-state index is 13.7. The lowest BCUT2D eigenvalue weighted by Crippen LogP contribution is -2.51. The molecule has 7 nitrogen and oxygen atoms in total. The van der Waals surface area contributed by atoms with Crippen LogP contribution in [0, 0.1) is 6.92 Å². The Hall–Kier alpha value is -3.07. The molecule has 1 N–H and O–H groups in total. The van der Waals surface area contributed by atoms with Crippen molar-refractivity contribution < 1.29 is 18.0 Å². The minimum Gasteiger partial charge on any atom is -0.355 e. The monoisotopic (exact) mass is 561 g/mol. The molecule has 10 heteroatoms. The maximum absolute atomic E-state index is 13.7. The number of likely N-dealkylation sites (N-methyl/N-ethyl adjacent to an activating group) is 1. The predicted octanol–water partition coefficient (Wildman–Crippen LogP) is 5.05. The molecule has 0 aliphatic rings. The number of nitrogens with one attached hydrogen (secondary N) is 1. The van der Waals surface area contributed by atoms with Crippen LogP contribution in [0.1, 0.15) is 25.0 Å². The number of hydrogen-bond acceptors (Lipinski definition) is 4. The third kappa shape index (κ3) is 7.25. The summed E-state index contributed by atoms with van der Waals surface area (Å²) in [5, 5.41) is 3.64. The summed E-state index contributed by atoms with van der Waals surface area (Å²) in [6.07, 6.45) is 0. The fourth-order valence-corrected chi connectivity index (χ4v) is 5.46. The first-order valence-corrected chi connectivity index (χ1v) is 13.9. The smallest absolute Gasteiger partial charge is 0.264 e. The van der Waals surface area contributed by atoms with Gasteiger partial charge in [-0.3, -0.25) is 13.9 Å². The van der Waals surface area contributed by atoms with Gasteiger partial charge in [0, 0.05) is 23.1 Å². The number of carbonyl (C=O) groups excluding carboxylic acids is 2. The van der Waals surface area contributed by atoms with Gasteiger partial charge in [0.2, 0.25) is 11.8 Å². The molecule has 0 heterocycles. The van der Waals surface area contributed by atoms with Crippen molar-refractivity contribution >= 4 is 50.7 Å². The highest BCUT2D eigenvalue weighted by Gasteiger charge is 2.32. The highest BCUT2D eigenvalue weighted by atomic mass is 35.5. The Kier molecular flexibility index (Phi) is 9.59. The lowest BCUT2D eigenvalue weighted by Gasteiger charge is -2.32. The summed E-state index contributed by atoms with van der Waals surface area (Å²) in [5.41, 5.74) is 1.87. The normalized spacial score (nSPS) is 12.0. The Morgan fingerprint density at radius 1 is 0.946 bits per heavy atom. The van der Waals surface area contributed by atoms with Gasteiger partial charge in [-0.2, -0.15) is 0 Å². The number of carbonyl (C=O) groups is 2. The summed E-state index contributed by atoms with van der Waals surface area (Å²) in [7, 11) is -4.13. The van der Waals surface area contributed by atoms with Crippen molar-refractivity contribution in [3.63, 3.8) is 0 Å². The van der Waals surface area contributed by atoms with Crippen molar-refractivity contribution in [3.8, 4) is 0 Å². The molecule has 2 amide bonds. The summed E-state index contributed by atoms with van der Waals surface area (Å²) in [6.45, 7) is 5.17. The van der Waals surface area contributed by atoms with Gasteiger partial charge in [-0.1, -0.05) is 53.0 Å². The van der Waals surface area contributed by atoms with Crippen molar-refractivity contribution in [1.82, 2.24) is 10.2 Å². The third-order valence-corrected chi connectivity index (χ3v) is 8.04. The molecule has 0 radical (unpaired) electrons. The molecule has 196 valence electrons. The van der Waals surface area contributed by atoms with Crippen molar-refractivity contribution in [2.45, 2.75) is 38.3 Å². The molecule has 3 aromatic rings. The summed E-state index contributed by atoms with van der Waals surface area (Å²) in [5.74, 6) is -0.901. The third-order valence-electron chi connectivity index (χ3n) is 5.76. The van der Waals surface area contributed by atoms with Crippen molar-refractivity contribution in [2.75, 3.05) is 17.4 Å². The molecule has 0 aliphatic carbocycles. The van der Waals surface area contributed by atoms with E-state index in [-0.39, 0.29) is 23.0 Å². The quantitative estimate of drug-likeness (QED) is 0.375. The second-order valence-electron chi connectivity index (χ2n) is 8.52. The average molecular weight is 563 g/mol. The fraction of sp³-hybridized carbons (Fsp3) is 0.259. The Morgan fingerprint density at radius 3 is 2.19 bits per heavy atom. The van der Waals surface area contributed by atoms with Crippen LogP contribution < -0.4 is 9.62 Å². The number of anilines is 1. The molecule has 0 aliphatic heterocycles. The van der Waals surface area contributed by atoms with Crippen LogP contribution in [0.4, 0.5) is 5.69 Å². The molecule has 3 rings (SSSR count). The van der Waals surface area contributed by atoms with Gasteiger partial charge in [0.15, 0.2) is 0 Å². The number of benzene rings is 3. The average Bonchev–Trinajstić information content (AvgIpc) is 2.86. The van der Waals surface area contributed by atoms with E-state index in [0.29, 0.717) is 22.2 Å². The largest absolute Gasteiger partial charge is 0.355 e. The molecule has 1 unspecified atom stereocenters. The second kappa shape index (κ2) is 12.4. The van der Waals surface area contributed by atoms with E-state index in [1.165, 1.54) is 29.2 Å². The lowest BCUT2D eigenvalue weighted by molar-refractivity contribution is -0.139. The van der Waals surface area contributed by atoms with Gasteiger partial charge >= 0.3 is 0 Å². The standard InChI is InChI=1S/C27H29Cl2N3O4S/c1-4-30-27(34)20(3)31(17-21-6-5-7-23(29)16-21)26(33)18-32(24-12-10-22(28)11-13-24)37(35,36)25-14-8-19(2)9-15-25/h5-16,20H,4,17-18H2,1-3H3,(H,30,34). The molecule has 0 bridgehead atoms. The Labute approximate surface area is 228 Å². The van der Waals surface area contributed by atoms with Gasteiger partial charge in [-0.05, 0) is 74.9 Å². The van der Waals surface area contributed by atoms with Crippen LogP contribution in [0.2, 0.25) is 10.0 Å². The second-order valence-corrected chi connectivity index (χ2v) is 11.3. The highest BCUT2D eigenvalue weighted by Crippen LogP contribution is 2.26. The molecular weight excluding hydrogens is 533 g/mol. The van der Waals surface area contributed by atoms with Crippen LogP contribution in [-0.2, 0) is 26.2 Å². The molecule has 0 fully saturated rings. The molecular formula is C27H29Cl2N3O4S. The van der Waals surface area contributed by atoms with Gasteiger partial charge in [0.05, 0.1) is 10.6 Å². The van der Waals surface area contributed by atoms with Crippen molar-refractivity contribution in [2.24, 2.45) is 0 Å². The van der Waals surface area contributed by atoms with E-state index in [4.69, 9.17) is 23.2 Å². The number of nitrogens with zero attached hydrogens (tertiary/aromatic N) is 2. The van der Waals surface area contributed by atoms with E-state index in [9.17, 15) is 18.0 Å². The predicted molar refractivity (Wildman–Crippen MR) is 147 cm³/mol. The first-order chi connectivity index (χ1) is 17.5. The van der Waals surface area contributed by atoms with Crippen LogP contribution in [0.15, 0.2) is 77.7 Å². The minimum absolute atomic E-state index is 0.0408. The van der Waals surface area contributed by atoms with Gasteiger partial charge < -0.3 is 10.2 Å². The first-order valence-electron chi connectivity index (χ1n) is 11.7. The molecule has 1 atom stereocenters. The van der Waals surface area contributed by atoms with Crippen LogP contribution in [0.25, 0.3) is 0 Å². The van der Waals surface area contributed by atoms with E-state index in [1.54, 1.807) is 62.4 Å². The zero-order valence-corrected chi connectivity index (χ0v) is 23.1. The SMILES string of the molecule is CCNC(=O)C(C)N(Cc1cccc(Cl)c1)C(=O)CN(c1ccc(Cl)cc1)S(=O)(=O)c1ccc(C)cc1. The summed E-state index contributed by atoms with van der Waals surface area (Å²) < 4.78 is 28.5. The van der Waals surface area contributed by atoms with Crippen LogP contribution in [-0.4, -0.2) is 44.3 Å².